The van der Waals surface area contributed by atoms with Crippen LogP contribution in [0.1, 0.15) is 36.8 Å². The zero-order valence-electron chi connectivity index (χ0n) is 14.6. The van der Waals surface area contributed by atoms with Crippen molar-refractivity contribution in [2.45, 2.75) is 56.0 Å². The molecule has 1 saturated heterocycles. The van der Waals surface area contributed by atoms with Crippen LogP contribution in [-0.2, 0) is 16.4 Å². The second kappa shape index (κ2) is 6.58. The van der Waals surface area contributed by atoms with Crippen molar-refractivity contribution in [2.24, 2.45) is 5.92 Å². The molecule has 4 rings (SSSR count). The van der Waals surface area contributed by atoms with Gasteiger partial charge in [0.1, 0.15) is 0 Å². The predicted octanol–water partition coefficient (Wildman–Crippen LogP) is 4.17. The molecule has 2 aromatic rings. The molecule has 0 aromatic heterocycles. The number of sulfonamides is 1. The number of fused-ring (bicyclic) bond motifs is 1. The Balaban J connectivity index is 1.48. The molecule has 132 valence electrons. The van der Waals surface area contributed by atoms with Gasteiger partial charge in [-0.25, -0.2) is 8.42 Å². The van der Waals surface area contributed by atoms with E-state index in [-0.39, 0.29) is 12.1 Å². The van der Waals surface area contributed by atoms with Gasteiger partial charge in [-0.2, -0.15) is 4.31 Å². The van der Waals surface area contributed by atoms with Crippen LogP contribution < -0.4 is 0 Å². The van der Waals surface area contributed by atoms with Crippen LogP contribution in [0.5, 0.6) is 0 Å². The van der Waals surface area contributed by atoms with Crippen LogP contribution in [0, 0.1) is 12.8 Å². The third-order valence-corrected chi connectivity index (χ3v) is 7.66. The molecule has 3 nitrogen and oxygen atoms in total. The summed E-state index contributed by atoms with van der Waals surface area (Å²) in [5.41, 5.74) is 2.43. The second-order valence-corrected chi connectivity index (χ2v) is 9.26. The maximum atomic E-state index is 13.0. The number of hydrogen-bond acceptors (Lipinski definition) is 2. The van der Waals surface area contributed by atoms with E-state index in [4.69, 9.17) is 0 Å². The quantitative estimate of drug-likeness (QED) is 0.755. The highest BCUT2D eigenvalue weighted by Gasteiger charge is 2.59. The molecule has 4 atom stereocenters. The molecule has 25 heavy (non-hydrogen) atoms. The van der Waals surface area contributed by atoms with Crippen molar-refractivity contribution in [3.05, 3.63) is 65.7 Å². The standard InChI is InChI=1S/C21H25NO2S/c1-16-10-14-19(15-11-16)25(23,24)22-20-9-5-8-18(21(20)22)13-12-17-6-3-2-4-7-17/h2-4,6-7,10-11,14-15,18,20-21H,5,8-9,12-13H2,1H3/t18-,20+,21-,22?/m0/s1. The van der Waals surface area contributed by atoms with Crippen LogP contribution in [0.15, 0.2) is 59.5 Å². The van der Waals surface area contributed by atoms with Crippen molar-refractivity contribution in [3.8, 4) is 0 Å². The fourth-order valence-electron chi connectivity index (χ4n) is 4.34. The van der Waals surface area contributed by atoms with Gasteiger partial charge in [0.2, 0.25) is 10.0 Å². The summed E-state index contributed by atoms with van der Waals surface area (Å²) in [6.07, 6.45) is 5.41. The molecule has 0 spiro atoms. The minimum Gasteiger partial charge on any atom is -0.207 e. The minimum absolute atomic E-state index is 0.212. The lowest BCUT2D eigenvalue weighted by molar-refractivity contribution is 0.376. The molecule has 1 heterocycles. The maximum Gasteiger partial charge on any atom is 0.243 e. The smallest absolute Gasteiger partial charge is 0.207 e. The SMILES string of the molecule is Cc1ccc(S(=O)(=O)N2[C@H]3[C@H](CCc4ccccc4)CCC[C@H]32)cc1. The molecule has 2 aliphatic rings. The van der Waals surface area contributed by atoms with Crippen molar-refractivity contribution < 1.29 is 8.42 Å². The minimum atomic E-state index is -3.35. The molecule has 4 heteroatoms. The number of benzene rings is 2. The van der Waals surface area contributed by atoms with Crippen LogP contribution in [0.2, 0.25) is 0 Å². The molecular weight excluding hydrogens is 330 g/mol. The van der Waals surface area contributed by atoms with E-state index < -0.39 is 10.0 Å². The first-order chi connectivity index (χ1) is 12.1. The molecule has 2 aromatic carbocycles. The lowest BCUT2D eigenvalue weighted by atomic mass is 9.85. The van der Waals surface area contributed by atoms with E-state index >= 15 is 0 Å². The van der Waals surface area contributed by atoms with Gasteiger partial charge in [0.25, 0.3) is 0 Å². The second-order valence-electron chi connectivity index (χ2n) is 7.42. The van der Waals surface area contributed by atoms with Gasteiger partial charge >= 0.3 is 0 Å². The van der Waals surface area contributed by atoms with Gasteiger partial charge in [0, 0.05) is 12.1 Å². The van der Waals surface area contributed by atoms with Crippen molar-refractivity contribution in [3.63, 3.8) is 0 Å². The normalized spacial score (nSPS) is 28.4. The van der Waals surface area contributed by atoms with E-state index in [1.54, 1.807) is 16.4 Å². The number of aryl methyl sites for hydroxylation is 2. The van der Waals surface area contributed by atoms with Crippen LogP contribution in [0.25, 0.3) is 0 Å². The zero-order chi connectivity index (χ0) is 17.4. The Kier molecular flexibility index (Phi) is 4.42. The molecule has 1 unspecified atom stereocenters. The molecule has 1 aliphatic carbocycles. The molecule has 0 N–H and O–H groups in total. The fourth-order valence-corrected chi connectivity index (χ4v) is 6.23. The van der Waals surface area contributed by atoms with E-state index in [1.807, 2.05) is 25.1 Å². The monoisotopic (exact) mass is 355 g/mol. The Bertz CT molecular complexity index is 830. The first kappa shape index (κ1) is 16.8. The highest BCUT2D eigenvalue weighted by Crippen LogP contribution is 2.49. The lowest BCUT2D eigenvalue weighted by Crippen LogP contribution is -2.20. The molecule has 1 saturated carbocycles. The van der Waals surface area contributed by atoms with E-state index in [2.05, 4.69) is 24.3 Å². The summed E-state index contributed by atoms with van der Waals surface area (Å²) in [5.74, 6) is 0.485. The van der Waals surface area contributed by atoms with E-state index in [1.165, 1.54) is 5.56 Å². The first-order valence-corrected chi connectivity index (χ1v) is 10.7. The summed E-state index contributed by atoms with van der Waals surface area (Å²) in [7, 11) is -3.35. The Morgan fingerprint density at radius 3 is 2.44 bits per heavy atom. The molecule has 0 bridgehead atoms. The zero-order valence-corrected chi connectivity index (χ0v) is 15.5. The predicted molar refractivity (Wildman–Crippen MR) is 99.9 cm³/mol. The Morgan fingerprint density at radius 1 is 1.00 bits per heavy atom. The number of rotatable bonds is 5. The van der Waals surface area contributed by atoms with Gasteiger partial charge in [-0.3, -0.25) is 0 Å². The summed E-state index contributed by atoms with van der Waals surface area (Å²) < 4.78 is 27.8. The first-order valence-electron chi connectivity index (χ1n) is 9.21. The van der Waals surface area contributed by atoms with Crippen LogP contribution in [0.4, 0.5) is 0 Å². The average Bonchev–Trinajstić information content (AvgIpc) is 3.37. The van der Waals surface area contributed by atoms with E-state index in [0.29, 0.717) is 10.8 Å². The maximum absolute atomic E-state index is 13.0. The van der Waals surface area contributed by atoms with Gasteiger partial charge in [0.15, 0.2) is 0 Å². The van der Waals surface area contributed by atoms with Gasteiger partial charge in [-0.1, -0.05) is 54.4 Å². The van der Waals surface area contributed by atoms with Crippen molar-refractivity contribution in [2.75, 3.05) is 0 Å². The molecule has 2 fully saturated rings. The van der Waals surface area contributed by atoms with E-state index in [9.17, 15) is 8.42 Å². The largest absolute Gasteiger partial charge is 0.243 e. The van der Waals surface area contributed by atoms with Gasteiger partial charge in [0.05, 0.1) is 4.90 Å². The van der Waals surface area contributed by atoms with Gasteiger partial charge in [-0.15, -0.1) is 0 Å². The highest BCUT2D eigenvalue weighted by atomic mass is 32.2. The third kappa shape index (κ3) is 3.25. The van der Waals surface area contributed by atoms with Crippen molar-refractivity contribution in [1.82, 2.24) is 4.31 Å². The summed E-state index contributed by atoms with van der Waals surface area (Å²) in [4.78, 5) is 0.439. The summed E-state index contributed by atoms with van der Waals surface area (Å²) in [6.45, 7) is 1.98. The number of nitrogens with zero attached hydrogens (tertiary/aromatic N) is 1. The fraction of sp³-hybridized carbons (Fsp3) is 0.429. The summed E-state index contributed by atoms with van der Waals surface area (Å²) >= 11 is 0. The van der Waals surface area contributed by atoms with Crippen molar-refractivity contribution in [1.29, 1.82) is 0 Å². The third-order valence-electron chi connectivity index (χ3n) is 5.73. The molecule has 0 radical (unpaired) electrons. The average molecular weight is 356 g/mol. The summed E-state index contributed by atoms with van der Waals surface area (Å²) in [5, 5.41) is 0. The topological polar surface area (TPSA) is 37.1 Å². The molecular formula is C21H25NO2S. The van der Waals surface area contributed by atoms with E-state index in [0.717, 1.165) is 37.7 Å². The Morgan fingerprint density at radius 2 is 1.72 bits per heavy atom. The van der Waals surface area contributed by atoms with Crippen LogP contribution >= 0.6 is 0 Å². The van der Waals surface area contributed by atoms with Crippen LogP contribution in [0.3, 0.4) is 0 Å². The molecule has 1 aliphatic heterocycles. The van der Waals surface area contributed by atoms with Gasteiger partial charge in [-0.05, 0) is 56.2 Å². The van der Waals surface area contributed by atoms with Crippen molar-refractivity contribution >= 4 is 10.0 Å². The molecule has 0 amide bonds. The highest BCUT2D eigenvalue weighted by molar-refractivity contribution is 7.89. The van der Waals surface area contributed by atoms with Gasteiger partial charge < -0.3 is 0 Å². The number of hydrogen-bond donors (Lipinski definition) is 0. The Labute approximate surface area is 150 Å². The van der Waals surface area contributed by atoms with Crippen LogP contribution in [-0.4, -0.2) is 24.8 Å². The summed E-state index contributed by atoms with van der Waals surface area (Å²) in [6, 6.07) is 18.2. The Hall–Kier alpha value is -1.65. The lowest BCUT2D eigenvalue weighted by Gasteiger charge is -2.19.